The van der Waals surface area contributed by atoms with Crippen LogP contribution in [0.1, 0.15) is 0 Å². The van der Waals surface area contributed by atoms with Crippen LogP contribution in [-0.4, -0.2) is 101 Å². The molecule has 0 aliphatic heterocycles. The zero-order valence-electron chi connectivity index (χ0n) is 9.62. The van der Waals surface area contributed by atoms with Gasteiger partial charge in [0, 0.05) is 10.4 Å². The van der Waals surface area contributed by atoms with Crippen molar-refractivity contribution in [1.29, 1.82) is 0 Å². The van der Waals surface area contributed by atoms with Gasteiger partial charge in [0.25, 0.3) is 0 Å². The van der Waals surface area contributed by atoms with Crippen LogP contribution in [-0.2, 0) is 10.4 Å². The first-order chi connectivity index (χ1) is 2.00. The van der Waals surface area contributed by atoms with E-state index in [1.54, 1.807) is 0 Å². The maximum absolute atomic E-state index is 8.52. The van der Waals surface area contributed by atoms with Crippen LogP contribution in [0.5, 0.6) is 0 Å². The van der Waals surface area contributed by atoms with Crippen LogP contribution < -0.4 is 29.6 Å². The van der Waals surface area contributed by atoms with Crippen molar-refractivity contribution in [1.82, 2.24) is 0 Å². The molecule has 0 aliphatic rings. The molecule has 0 radical (unpaired) electrons. The van der Waals surface area contributed by atoms with Crippen molar-refractivity contribution in [3.63, 3.8) is 0 Å². The molecule has 0 saturated carbocycles. The second-order valence-corrected chi connectivity index (χ2v) is 1.22. The summed E-state index contributed by atoms with van der Waals surface area (Å²) in [6.07, 6.45) is 0. The predicted molar refractivity (Wildman–Crippen MR) is 59.6 cm³/mol. The Morgan fingerprint density at radius 1 is 0.474 bits per heavy atom. The van der Waals surface area contributed by atoms with E-state index < -0.39 is 10.4 Å². The molecule has 19 heavy (non-hydrogen) atoms. The number of hydrogen-bond donors (Lipinski definition) is 0. The molecule has 0 saturated heterocycles. The molecular weight excluding hydrogens is 338 g/mol. The van der Waals surface area contributed by atoms with E-state index in [0.717, 1.165) is 0 Å². The molecular formula is H24AlNaO16S+2. The first-order valence-corrected chi connectivity index (χ1v) is 2.00. The van der Waals surface area contributed by atoms with Gasteiger partial charge in [0.05, 0.1) is 0 Å². The average Bonchev–Trinajstić information content (AvgIpc) is 0.722. The van der Waals surface area contributed by atoms with E-state index in [4.69, 9.17) is 17.5 Å². The van der Waals surface area contributed by atoms with Crippen LogP contribution in [0, 0.1) is 0 Å². The molecule has 0 aliphatic carbocycles. The van der Waals surface area contributed by atoms with E-state index >= 15 is 0 Å². The molecule has 0 atom stereocenters. The number of rotatable bonds is 0. The minimum absolute atomic E-state index is 0. The quantitative estimate of drug-likeness (QED) is 0.230. The van der Waals surface area contributed by atoms with Gasteiger partial charge in [0.2, 0.25) is 0 Å². The Morgan fingerprint density at radius 3 is 0.474 bits per heavy atom. The standard InChI is InChI=1S/Al.Na.H2O4S.12H2O/c;;1-5(2,3)4;;;;;;;;;;;;/h;;(H2,1,2,3,4);12*1H2/q+3;+1;;;;;;;;;;;;;/p-2. The molecule has 0 aromatic heterocycles. The Kier molecular flexibility index (Phi) is 1970. The van der Waals surface area contributed by atoms with Gasteiger partial charge in [-0.3, -0.25) is 8.42 Å². The Bertz CT molecular complexity index is 99.9. The summed E-state index contributed by atoms with van der Waals surface area (Å²) in [7, 11) is -5.17. The average molecular weight is 362 g/mol. The van der Waals surface area contributed by atoms with Crippen LogP contribution >= 0.6 is 0 Å². The third kappa shape index (κ3) is 6370. The van der Waals surface area contributed by atoms with Crippen molar-refractivity contribution in [2.24, 2.45) is 0 Å². The van der Waals surface area contributed by atoms with Crippen molar-refractivity contribution in [3.05, 3.63) is 0 Å². The Balaban J connectivity index is -0.000000000879. The summed E-state index contributed by atoms with van der Waals surface area (Å²) in [6, 6.07) is 0. The van der Waals surface area contributed by atoms with Crippen LogP contribution in [0.2, 0.25) is 0 Å². The zero-order valence-corrected chi connectivity index (χ0v) is 13.6. The molecule has 19 heteroatoms. The van der Waals surface area contributed by atoms with Gasteiger partial charge in [-0.15, -0.1) is 0 Å². The van der Waals surface area contributed by atoms with Crippen LogP contribution in [0.15, 0.2) is 0 Å². The minimum Gasteiger partial charge on any atom is -0.759 e. The molecule has 0 aromatic rings. The van der Waals surface area contributed by atoms with Gasteiger partial charge in [0.15, 0.2) is 0 Å². The maximum Gasteiger partial charge on any atom is 3.00 e. The van der Waals surface area contributed by atoms with Gasteiger partial charge in [-0.25, -0.2) is 0 Å². The first kappa shape index (κ1) is 294. The van der Waals surface area contributed by atoms with Crippen LogP contribution in [0.4, 0.5) is 0 Å². The molecule has 0 fully saturated rings. The van der Waals surface area contributed by atoms with Gasteiger partial charge in [-0.1, -0.05) is 0 Å². The maximum atomic E-state index is 8.52. The molecule has 16 nitrogen and oxygen atoms in total. The second kappa shape index (κ2) is 127. The van der Waals surface area contributed by atoms with Gasteiger partial charge >= 0.3 is 46.9 Å². The van der Waals surface area contributed by atoms with Crippen molar-refractivity contribution in [2.45, 2.75) is 0 Å². The third-order valence-corrected chi connectivity index (χ3v) is 0. The number of hydrogen-bond acceptors (Lipinski definition) is 4. The fourth-order valence-corrected chi connectivity index (χ4v) is 0. The molecule has 0 amide bonds. The van der Waals surface area contributed by atoms with E-state index in [0.29, 0.717) is 0 Å². The predicted octanol–water partition coefficient (Wildman–Crippen LogP) is -14.6. The normalized spacial score (nSPS) is 3.05. The fraction of sp³-hybridized carbons (Fsp3) is 0. The molecule has 128 valence electrons. The van der Waals surface area contributed by atoms with Crippen molar-refractivity contribution in [2.75, 3.05) is 0 Å². The Hall–Kier alpha value is 0.922. The van der Waals surface area contributed by atoms with Crippen molar-refractivity contribution >= 4 is 27.8 Å². The van der Waals surface area contributed by atoms with Crippen LogP contribution in [0.25, 0.3) is 0 Å². The summed E-state index contributed by atoms with van der Waals surface area (Å²) in [5, 5.41) is 0. The fourth-order valence-electron chi connectivity index (χ4n) is 0. The summed E-state index contributed by atoms with van der Waals surface area (Å²) >= 11 is 0. The topological polar surface area (TPSA) is 458 Å². The summed E-state index contributed by atoms with van der Waals surface area (Å²) in [6.45, 7) is 0. The van der Waals surface area contributed by atoms with Crippen molar-refractivity contribution in [3.8, 4) is 0 Å². The monoisotopic (exact) mass is 362 g/mol. The van der Waals surface area contributed by atoms with Crippen LogP contribution in [0.3, 0.4) is 0 Å². The smallest absolute Gasteiger partial charge is 0.759 e. The zero-order chi connectivity index (χ0) is 4.50. The largest absolute Gasteiger partial charge is 3.00 e. The van der Waals surface area contributed by atoms with Gasteiger partial charge in [-0.2, -0.15) is 0 Å². The van der Waals surface area contributed by atoms with Gasteiger partial charge in [0.1, 0.15) is 0 Å². The molecule has 24 N–H and O–H groups in total. The Labute approximate surface area is 140 Å². The molecule has 0 spiro atoms. The van der Waals surface area contributed by atoms with E-state index in [-0.39, 0.29) is 113 Å². The summed E-state index contributed by atoms with van der Waals surface area (Å²) in [5.74, 6) is 0. The van der Waals surface area contributed by atoms with Crippen molar-refractivity contribution < 1.29 is 113 Å². The van der Waals surface area contributed by atoms with Gasteiger partial charge < -0.3 is 74.8 Å². The molecule has 0 aromatic carbocycles. The van der Waals surface area contributed by atoms with Gasteiger partial charge in [-0.05, 0) is 0 Å². The van der Waals surface area contributed by atoms with E-state index in [2.05, 4.69) is 0 Å². The summed E-state index contributed by atoms with van der Waals surface area (Å²) in [4.78, 5) is 0. The summed E-state index contributed by atoms with van der Waals surface area (Å²) in [5.41, 5.74) is 0. The van der Waals surface area contributed by atoms with E-state index in [1.165, 1.54) is 0 Å². The molecule has 0 rings (SSSR count). The third-order valence-electron chi connectivity index (χ3n) is 0. The SMILES string of the molecule is O.O.O.O.O.O.O.O.O.O.O.O.O=S(=O)([O-])[O-].[Al+3].[Na+]. The minimum atomic E-state index is -5.17. The Morgan fingerprint density at radius 2 is 0.474 bits per heavy atom. The van der Waals surface area contributed by atoms with E-state index in [1.807, 2.05) is 0 Å². The second-order valence-electron chi connectivity index (χ2n) is 0.408. The van der Waals surface area contributed by atoms with E-state index in [9.17, 15) is 0 Å². The molecule has 0 heterocycles. The molecule has 0 bridgehead atoms. The summed E-state index contributed by atoms with van der Waals surface area (Å²) < 4.78 is 34.1. The molecule has 0 unspecified atom stereocenters. The first-order valence-electron chi connectivity index (χ1n) is 0.667.